The number of hydrogen-bond donors (Lipinski definition) is 3. The Morgan fingerprint density at radius 1 is 1.40 bits per heavy atom. The van der Waals surface area contributed by atoms with Gasteiger partial charge in [0.1, 0.15) is 0 Å². The zero-order valence-electron chi connectivity index (χ0n) is 8.02. The van der Waals surface area contributed by atoms with Gasteiger partial charge < -0.3 is 14.9 Å². The van der Waals surface area contributed by atoms with Crippen LogP contribution in [0, 0.1) is 0 Å². The maximum atomic E-state index is 8.74. The van der Waals surface area contributed by atoms with E-state index >= 15 is 0 Å². The Morgan fingerprint density at radius 3 is 2.27 bits per heavy atom. The summed E-state index contributed by atoms with van der Waals surface area (Å²) in [4.78, 5) is 3.97. The summed E-state index contributed by atoms with van der Waals surface area (Å²) in [6, 6.07) is 0. The van der Waals surface area contributed by atoms with E-state index in [1.54, 1.807) is 6.20 Å². The quantitative estimate of drug-likeness (QED) is 0.570. The molecule has 7 nitrogen and oxygen atoms in total. The lowest BCUT2D eigenvalue weighted by molar-refractivity contribution is 0.222. The molecule has 0 saturated carbocycles. The van der Waals surface area contributed by atoms with E-state index in [-0.39, 0.29) is 6.61 Å². The van der Waals surface area contributed by atoms with Gasteiger partial charge in [-0.15, -0.1) is 0 Å². The van der Waals surface area contributed by atoms with Crippen molar-refractivity contribution < 1.29 is 22.6 Å². The Hall–Kier alpha value is -1.09. The van der Waals surface area contributed by atoms with Gasteiger partial charge in [-0.2, -0.15) is 8.42 Å². The summed E-state index contributed by atoms with van der Waals surface area (Å²) < 4.78 is 31.6. The Bertz CT molecular complexity index is 305. The largest absolute Gasteiger partial charge is 0.395 e. The molecule has 88 valence electrons. The molecule has 0 spiro atoms. The molecular weight excluding hydrogens is 224 g/mol. The van der Waals surface area contributed by atoms with Crippen molar-refractivity contribution in [3.8, 4) is 0 Å². The lowest BCUT2D eigenvalue weighted by atomic mass is 10.6. The van der Waals surface area contributed by atoms with Crippen LogP contribution in [0.25, 0.3) is 0 Å². The minimum atomic E-state index is -4.67. The summed E-state index contributed by atoms with van der Waals surface area (Å²) in [6.07, 6.45) is 5.63. The highest BCUT2D eigenvalue weighted by Crippen LogP contribution is 2.04. The van der Waals surface area contributed by atoms with E-state index < -0.39 is 10.4 Å². The molecule has 0 unspecified atom stereocenters. The Labute approximate surface area is 88.5 Å². The average Bonchev–Trinajstić information content (AvgIpc) is 2.50. The average molecular weight is 238 g/mol. The number of aliphatic hydroxyl groups excluding tert-OH is 1. The van der Waals surface area contributed by atoms with Crippen LogP contribution in [0.4, 0.5) is 0 Å². The molecule has 8 heteroatoms. The molecular formula is C7H14N2O5S. The number of hydrogen-bond acceptors (Lipinski definition) is 5. The van der Waals surface area contributed by atoms with Gasteiger partial charge in [-0.3, -0.25) is 9.11 Å². The SMILES string of the molecule is C=CN1C=CN(CCO)C1.O=S(=O)(O)O. The second kappa shape index (κ2) is 6.40. The molecule has 0 bridgehead atoms. The first-order valence-electron chi connectivity index (χ1n) is 3.98. The molecule has 0 saturated heterocycles. The molecule has 0 aromatic heterocycles. The Kier molecular flexibility index (Phi) is 5.94. The van der Waals surface area contributed by atoms with E-state index in [9.17, 15) is 0 Å². The highest BCUT2D eigenvalue weighted by atomic mass is 32.3. The highest BCUT2D eigenvalue weighted by molar-refractivity contribution is 7.79. The molecule has 0 atom stereocenters. The Morgan fingerprint density at radius 2 is 1.93 bits per heavy atom. The van der Waals surface area contributed by atoms with Crippen LogP contribution in [0.2, 0.25) is 0 Å². The van der Waals surface area contributed by atoms with E-state index in [4.69, 9.17) is 22.6 Å². The van der Waals surface area contributed by atoms with E-state index in [0.29, 0.717) is 6.54 Å². The summed E-state index contributed by atoms with van der Waals surface area (Å²) in [6.45, 7) is 5.33. The lowest BCUT2D eigenvalue weighted by Gasteiger charge is -2.16. The van der Waals surface area contributed by atoms with Crippen LogP contribution in [0.15, 0.2) is 25.2 Å². The number of β-amino-alcohol motifs (C(OH)–C–C–N with tert-alkyl or cyclic N) is 1. The summed E-state index contributed by atoms with van der Waals surface area (Å²) in [5, 5.41) is 8.57. The highest BCUT2D eigenvalue weighted by Gasteiger charge is 2.06. The van der Waals surface area contributed by atoms with Crippen LogP contribution < -0.4 is 0 Å². The summed E-state index contributed by atoms with van der Waals surface area (Å²) in [5.41, 5.74) is 0. The molecule has 0 aromatic carbocycles. The lowest BCUT2D eigenvalue weighted by Crippen LogP contribution is -2.24. The fourth-order valence-electron chi connectivity index (χ4n) is 0.876. The summed E-state index contributed by atoms with van der Waals surface area (Å²) in [7, 11) is -4.67. The van der Waals surface area contributed by atoms with Crippen molar-refractivity contribution in [3.05, 3.63) is 25.2 Å². The summed E-state index contributed by atoms with van der Waals surface area (Å²) in [5.74, 6) is 0. The second-order valence-electron chi connectivity index (χ2n) is 2.62. The Balaban J connectivity index is 0.000000336. The first-order valence-corrected chi connectivity index (χ1v) is 5.38. The van der Waals surface area contributed by atoms with Crippen molar-refractivity contribution >= 4 is 10.4 Å². The molecule has 15 heavy (non-hydrogen) atoms. The number of aliphatic hydroxyl groups is 1. The van der Waals surface area contributed by atoms with Crippen LogP contribution in [0.5, 0.6) is 0 Å². The standard InChI is InChI=1S/C7H12N2O.H2O4S/c1-2-8-3-4-9(7-8)5-6-10;1-5(2,3)4/h2-4,10H,1,5-7H2;(H2,1,2,3,4). The third-order valence-electron chi connectivity index (χ3n) is 1.44. The number of rotatable bonds is 3. The smallest absolute Gasteiger partial charge is 0.394 e. The molecule has 0 aliphatic carbocycles. The van der Waals surface area contributed by atoms with E-state index in [1.807, 2.05) is 22.2 Å². The van der Waals surface area contributed by atoms with Gasteiger partial charge in [0.25, 0.3) is 0 Å². The number of nitrogens with zero attached hydrogens (tertiary/aromatic N) is 2. The minimum Gasteiger partial charge on any atom is -0.395 e. The molecule has 3 N–H and O–H groups in total. The van der Waals surface area contributed by atoms with Crippen molar-refractivity contribution in [2.45, 2.75) is 0 Å². The first-order chi connectivity index (χ1) is 6.86. The molecule has 1 heterocycles. The van der Waals surface area contributed by atoms with Gasteiger partial charge in [-0.25, -0.2) is 0 Å². The molecule has 1 aliphatic rings. The van der Waals surface area contributed by atoms with Gasteiger partial charge >= 0.3 is 10.4 Å². The van der Waals surface area contributed by atoms with Crippen molar-refractivity contribution in [3.63, 3.8) is 0 Å². The molecule has 0 fully saturated rings. The first kappa shape index (κ1) is 13.9. The van der Waals surface area contributed by atoms with E-state index in [2.05, 4.69) is 6.58 Å². The van der Waals surface area contributed by atoms with Crippen LogP contribution in [-0.2, 0) is 10.4 Å². The normalized spacial score (nSPS) is 14.9. The van der Waals surface area contributed by atoms with Gasteiger partial charge in [0.05, 0.1) is 13.3 Å². The van der Waals surface area contributed by atoms with Crippen molar-refractivity contribution in [2.24, 2.45) is 0 Å². The topological polar surface area (TPSA) is 101 Å². The van der Waals surface area contributed by atoms with Crippen LogP contribution >= 0.6 is 0 Å². The van der Waals surface area contributed by atoms with Crippen molar-refractivity contribution in [2.75, 3.05) is 19.8 Å². The van der Waals surface area contributed by atoms with Crippen molar-refractivity contribution in [1.82, 2.24) is 9.80 Å². The molecule has 0 amide bonds. The zero-order chi connectivity index (χ0) is 11.9. The van der Waals surface area contributed by atoms with Crippen LogP contribution in [0.3, 0.4) is 0 Å². The van der Waals surface area contributed by atoms with Crippen LogP contribution in [-0.4, -0.2) is 52.2 Å². The van der Waals surface area contributed by atoms with Gasteiger partial charge in [0.15, 0.2) is 0 Å². The van der Waals surface area contributed by atoms with Gasteiger partial charge in [-0.1, -0.05) is 6.58 Å². The monoisotopic (exact) mass is 238 g/mol. The van der Waals surface area contributed by atoms with E-state index in [1.165, 1.54) is 0 Å². The maximum absolute atomic E-state index is 8.74. The minimum absolute atomic E-state index is 0.204. The zero-order valence-corrected chi connectivity index (χ0v) is 8.84. The van der Waals surface area contributed by atoms with Crippen LogP contribution in [0.1, 0.15) is 0 Å². The summed E-state index contributed by atoms with van der Waals surface area (Å²) >= 11 is 0. The fourth-order valence-corrected chi connectivity index (χ4v) is 0.876. The van der Waals surface area contributed by atoms with Gasteiger partial charge in [-0.05, 0) is 6.20 Å². The second-order valence-corrected chi connectivity index (χ2v) is 3.52. The van der Waals surface area contributed by atoms with Gasteiger partial charge in [0.2, 0.25) is 0 Å². The maximum Gasteiger partial charge on any atom is 0.394 e. The molecule has 0 radical (unpaired) electrons. The van der Waals surface area contributed by atoms with Gasteiger partial charge in [0, 0.05) is 18.9 Å². The predicted octanol–water partition coefficient (Wildman–Crippen LogP) is -0.484. The molecule has 1 aliphatic heterocycles. The third-order valence-corrected chi connectivity index (χ3v) is 1.44. The van der Waals surface area contributed by atoms with Crippen molar-refractivity contribution in [1.29, 1.82) is 0 Å². The fraction of sp³-hybridized carbons (Fsp3) is 0.429. The predicted molar refractivity (Wildman–Crippen MR) is 54.0 cm³/mol. The molecule has 0 aromatic rings. The van der Waals surface area contributed by atoms with E-state index in [0.717, 1.165) is 6.67 Å². The molecule has 1 rings (SSSR count). The third kappa shape index (κ3) is 9.22.